The molecule has 0 aliphatic rings. The smallest absolute Gasteiger partial charge is 0.324 e. The van der Waals surface area contributed by atoms with Crippen LogP contribution in [0.3, 0.4) is 0 Å². The minimum Gasteiger partial charge on any atom is -0.324 e. The molecule has 0 fully saturated rings. The summed E-state index contributed by atoms with van der Waals surface area (Å²) in [7, 11) is -5.30. The van der Waals surface area contributed by atoms with Crippen LogP contribution in [0.5, 0.6) is 0 Å². The molecular weight excluding hydrogens is 554 g/mol. The van der Waals surface area contributed by atoms with Crippen LogP contribution in [0.4, 0.5) is 74.6 Å². The molecule has 0 saturated carbocycles. The Morgan fingerprint density at radius 2 is 1.03 bits per heavy atom. The molecule has 0 aromatic carbocycles. The van der Waals surface area contributed by atoms with E-state index in [0.717, 1.165) is 0 Å². The number of rotatable bonds is 9. The molecule has 3 unspecified atom stereocenters. The van der Waals surface area contributed by atoms with Crippen molar-refractivity contribution in [1.29, 1.82) is 0 Å². The summed E-state index contributed by atoms with van der Waals surface area (Å²) in [4.78, 5) is 8.54. The van der Waals surface area contributed by atoms with Crippen LogP contribution < -0.4 is 0 Å². The lowest BCUT2D eigenvalue weighted by molar-refractivity contribution is -0.552. The summed E-state index contributed by atoms with van der Waals surface area (Å²) in [6.45, 7) is -3.38. The SMILES string of the molecule is CP(=O)(O)OCC(F)(OC(F)(F)C(F)(OC(F)(F)C(F)(F)C(F)(F)F)C(F)(F)F)C(F)(F)F. The van der Waals surface area contributed by atoms with Gasteiger partial charge in [0.25, 0.3) is 0 Å². The molecule has 33 heavy (non-hydrogen) atoms. The van der Waals surface area contributed by atoms with Gasteiger partial charge in [-0.3, -0.25) is 14.0 Å². The number of hydrogen-bond acceptors (Lipinski definition) is 4. The van der Waals surface area contributed by atoms with Crippen molar-refractivity contribution in [3.05, 3.63) is 0 Å². The molecule has 1 N–H and O–H groups in total. The zero-order valence-corrected chi connectivity index (χ0v) is 15.6. The minimum atomic E-state index is -8.02. The van der Waals surface area contributed by atoms with Gasteiger partial charge in [0.1, 0.15) is 6.61 Å². The van der Waals surface area contributed by atoms with E-state index in [0.29, 0.717) is 0 Å². The second kappa shape index (κ2) is 8.52. The molecule has 0 aliphatic carbocycles. The van der Waals surface area contributed by atoms with E-state index in [4.69, 9.17) is 4.89 Å². The van der Waals surface area contributed by atoms with E-state index >= 15 is 0 Å². The molecule has 5 nitrogen and oxygen atoms in total. The van der Waals surface area contributed by atoms with Crippen LogP contribution in [-0.4, -0.2) is 66.5 Å². The van der Waals surface area contributed by atoms with Crippen LogP contribution >= 0.6 is 7.60 Å². The normalized spacial score (nSPS) is 20.7. The third kappa shape index (κ3) is 6.51. The standard InChI is InChI=1S/C10H6F17O5P/c1-33(28,29)30-2-3(11,6(15,16)17)31-10(26,27)5(14,8(21,22)23)32-9(24,25)4(12,13)7(18,19)20/h2H2,1H3,(H,28,29). The molecule has 0 heterocycles. The van der Waals surface area contributed by atoms with Crippen molar-refractivity contribution in [3.63, 3.8) is 0 Å². The Hall–Kier alpha value is -1.12. The first-order valence-corrected chi connectivity index (χ1v) is 8.96. The van der Waals surface area contributed by atoms with Gasteiger partial charge in [-0.15, -0.1) is 0 Å². The molecule has 0 rings (SSSR count). The van der Waals surface area contributed by atoms with E-state index in [2.05, 4.69) is 4.52 Å². The highest BCUT2D eigenvalue weighted by Gasteiger charge is 2.85. The average Bonchev–Trinajstić information content (AvgIpc) is 2.47. The third-order valence-electron chi connectivity index (χ3n) is 2.93. The van der Waals surface area contributed by atoms with E-state index in [1.54, 1.807) is 0 Å². The van der Waals surface area contributed by atoms with Crippen LogP contribution in [0.25, 0.3) is 0 Å². The Balaban J connectivity index is 6.61. The summed E-state index contributed by atoms with van der Waals surface area (Å²) < 4.78 is 235. The van der Waals surface area contributed by atoms with E-state index in [-0.39, 0.29) is 6.66 Å². The van der Waals surface area contributed by atoms with Gasteiger partial charge >= 0.3 is 56.0 Å². The highest BCUT2D eigenvalue weighted by Crippen LogP contribution is 2.56. The van der Waals surface area contributed by atoms with Gasteiger partial charge in [-0.2, -0.15) is 74.6 Å². The fourth-order valence-electron chi connectivity index (χ4n) is 1.33. The van der Waals surface area contributed by atoms with Crippen molar-refractivity contribution in [2.75, 3.05) is 13.3 Å². The lowest BCUT2D eigenvalue weighted by Gasteiger charge is -2.40. The zero-order chi connectivity index (χ0) is 27.3. The largest absolute Gasteiger partial charge is 0.462 e. The van der Waals surface area contributed by atoms with Crippen molar-refractivity contribution in [3.8, 4) is 0 Å². The van der Waals surface area contributed by atoms with Gasteiger partial charge in [-0.25, -0.2) is 0 Å². The van der Waals surface area contributed by atoms with Gasteiger partial charge in [-0.1, -0.05) is 0 Å². The highest BCUT2D eigenvalue weighted by molar-refractivity contribution is 7.51. The molecule has 0 saturated heterocycles. The van der Waals surface area contributed by atoms with E-state index in [1.165, 1.54) is 4.74 Å². The Labute approximate surface area is 168 Å². The van der Waals surface area contributed by atoms with Crippen molar-refractivity contribution in [2.45, 2.75) is 48.4 Å². The van der Waals surface area contributed by atoms with Gasteiger partial charge < -0.3 is 9.42 Å². The fourth-order valence-corrected chi connectivity index (χ4v) is 1.73. The Morgan fingerprint density at radius 1 is 0.636 bits per heavy atom. The first kappa shape index (κ1) is 31.9. The molecule has 200 valence electrons. The van der Waals surface area contributed by atoms with E-state index in [1.807, 2.05) is 4.74 Å². The molecule has 0 amide bonds. The molecular formula is C10H6F17O5P. The minimum absolute atomic E-state index is 0.0556. The van der Waals surface area contributed by atoms with Gasteiger partial charge in [0, 0.05) is 6.66 Å². The molecule has 0 aliphatic heterocycles. The van der Waals surface area contributed by atoms with Gasteiger partial charge in [0.05, 0.1) is 0 Å². The molecule has 0 aromatic rings. The van der Waals surface area contributed by atoms with Gasteiger partial charge in [0.2, 0.25) is 0 Å². The third-order valence-corrected chi connectivity index (χ3v) is 3.54. The van der Waals surface area contributed by atoms with E-state index < -0.39 is 62.6 Å². The van der Waals surface area contributed by atoms with Crippen molar-refractivity contribution in [2.24, 2.45) is 0 Å². The maximum atomic E-state index is 13.8. The highest BCUT2D eigenvalue weighted by atomic mass is 31.2. The van der Waals surface area contributed by atoms with Gasteiger partial charge in [-0.05, 0) is 0 Å². The number of alkyl halides is 17. The summed E-state index contributed by atoms with van der Waals surface area (Å²) >= 11 is 0. The second-order valence-corrected chi connectivity index (χ2v) is 7.57. The number of ether oxygens (including phenoxy) is 2. The van der Waals surface area contributed by atoms with Crippen molar-refractivity contribution >= 4 is 7.60 Å². The molecule has 0 aromatic heterocycles. The lowest BCUT2D eigenvalue weighted by atomic mass is 10.2. The second-order valence-electron chi connectivity index (χ2n) is 5.71. The Morgan fingerprint density at radius 3 is 1.30 bits per heavy atom. The molecule has 0 bridgehead atoms. The first-order valence-electron chi connectivity index (χ1n) is 6.93. The van der Waals surface area contributed by atoms with Crippen LogP contribution in [0.2, 0.25) is 0 Å². The maximum absolute atomic E-state index is 13.8. The summed E-state index contributed by atoms with van der Waals surface area (Å²) in [5.41, 5.74) is 0. The Kier molecular flexibility index (Phi) is 8.23. The summed E-state index contributed by atoms with van der Waals surface area (Å²) in [6.07, 6.45) is -38.3. The molecule has 3 atom stereocenters. The summed E-state index contributed by atoms with van der Waals surface area (Å²) in [6, 6.07) is 0. The monoisotopic (exact) mass is 560 g/mol. The number of hydrogen-bond donors (Lipinski definition) is 1. The predicted molar refractivity (Wildman–Crippen MR) is 64.6 cm³/mol. The Bertz CT molecular complexity index is 738. The maximum Gasteiger partial charge on any atom is 0.462 e. The summed E-state index contributed by atoms with van der Waals surface area (Å²) in [5, 5.41) is 0. The van der Waals surface area contributed by atoms with Crippen LogP contribution in [-0.2, 0) is 18.6 Å². The lowest BCUT2D eigenvalue weighted by Crippen LogP contribution is -2.67. The van der Waals surface area contributed by atoms with Crippen molar-refractivity contribution < 1.29 is 98.1 Å². The van der Waals surface area contributed by atoms with Crippen LogP contribution in [0, 0.1) is 0 Å². The predicted octanol–water partition coefficient (Wildman–Crippen LogP) is 5.69. The van der Waals surface area contributed by atoms with Crippen molar-refractivity contribution in [1.82, 2.24) is 0 Å². The zero-order valence-electron chi connectivity index (χ0n) is 14.7. The summed E-state index contributed by atoms with van der Waals surface area (Å²) in [5.74, 6) is -22.4. The average molecular weight is 560 g/mol. The fraction of sp³-hybridized carbons (Fsp3) is 1.00. The van der Waals surface area contributed by atoms with Crippen LogP contribution in [0.1, 0.15) is 0 Å². The molecule has 23 heteroatoms. The van der Waals surface area contributed by atoms with E-state index in [9.17, 15) is 79.2 Å². The molecule has 0 spiro atoms. The van der Waals surface area contributed by atoms with Gasteiger partial charge in [0.15, 0.2) is 0 Å². The first-order chi connectivity index (χ1) is 13.9. The molecule has 0 radical (unpaired) electrons. The number of halogens is 17. The quantitative estimate of drug-likeness (QED) is 0.290. The topological polar surface area (TPSA) is 65.0 Å². The van der Waals surface area contributed by atoms with Crippen LogP contribution in [0.15, 0.2) is 0 Å².